The van der Waals surface area contributed by atoms with Gasteiger partial charge in [0.2, 0.25) is 5.91 Å². The number of carbonyl (C=O) groups is 1. The predicted molar refractivity (Wildman–Crippen MR) is 116 cm³/mol. The van der Waals surface area contributed by atoms with Crippen molar-refractivity contribution in [3.8, 4) is 5.75 Å². The number of rotatable bonds is 7. The largest absolute Gasteiger partial charge is 0.490 e. The molecular weight excluding hydrogens is 403 g/mol. The van der Waals surface area contributed by atoms with Gasteiger partial charge in [0.1, 0.15) is 10.6 Å². The van der Waals surface area contributed by atoms with Crippen LogP contribution >= 0.6 is 11.3 Å². The molecule has 1 atom stereocenters. The van der Waals surface area contributed by atoms with Crippen LogP contribution in [0.2, 0.25) is 0 Å². The van der Waals surface area contributed by atoms with Crippen LogP contribution in [0.4, 0.5) is 4.39 Å². The van der Waals surface area contributed by atoms with Gasteiger partial charge in [0.15, 0.2) is 11.6 Å². The van der Waals surface area contributed by atoms with Crippen LogP contribution in [0.5, 0.6) is 5.75 Å². The lowest BCUT2D eigenvalue weighted by Crippen LogP contribution is -2.34. The Bertz CT molecular complexity index is 870. The molecule has 3 rings (SSSR count). The van der Waals surface area contributed by atoms with E-state index in [0.29, 0.717) is 56.3 Å². The number of hydrogen-bond acceptors (Lipinski definition) is 5. The Hall–Kier alpha value is -1.99. The average Bonchev–Trinajstić information content (AvgIpc) is 2.94. The minimum Gasteiger partial charge on any atom is -0.490 e. The summed E-state index contributed by atoms with van der Waals surface area (Å²) in [6, 6.07) is 6.36. The number of ether oxygens (including phenoxy) is 1. The number of nitrogens with zero attached hydrogens (tertiary/aromatic N) is 2. The lowest BCUT2D eigenvalue weighted by molar-refractivity contribution is -0.132. The molecule has 1 aromatic heterocycles. The number of amides is 1. The maximum Gasteiger partial charge on any atom is 0.222 e. The number of likely N-dealkylation sites (tertiary alicyclic amines) is 1. The number of aromatic nitrogens is 1. The first-order valence-electron chi connectivity index (χ1n) is 10.6. The van der Waals surface area contributed by atoms with Gasteiger partial charge in [-0.15, -0.1) is 11.3 Å². The summed E-state index contributed by atoms with van der Waals surface area (Å²) in [5, 5.41) is 12.0. The Balaban J connectivity index is 1.62. The molecule has 1 aliphatic heterocycles. The van der Waals surface area contributed by atoms with Crippen molar-refractivity contribution < 1.29 is 19.0 Å². The van der Waals surface area contributed by atoms with Gasteiger partial charge in [-0.2, -0.15) is 0 Å². The third-order valence-electron chi connectivity index (χ3n) is 5.46. The van der Waals surface area contributed by atoms with Crippen LogP contribution in [0.1, 0.15) is 55.1 Å². The summed E-state index contributed by atoms with van der Waals surface area (Å²) < 4.78 is 19.3. The van der Waals surface area contributed by atoms with Gasteiger partial charge in [0, 0.05) is 37.2 Å². The highest BCUT2D eigenvalue weighted by Gasteiger charge is 2.36. The molecule has 7 heteroatoms. The number of hydrogen-bond donors (Lipinski definition) is 1. The molecule has 0 radical (unpaired) electrons. The van der Waals surface area contributed by atoms with Gasteiger partial charge in [-0.1, -0.05) is 26.0 Å². The molecular formula is C23H31FN2O3S. The second-order valence-corrected chi connectivity index (χ2v) is 9.50. The van der Waals surface area contributed by atoms with Gasteiger partial charge in [0.25, 0.3) is 0 Å². The van der Waals surface area contributed by atoms with Crippen molar-refractivity contribution in [3.05, 3.63) is 45.7 Å². The Kier molecular flexibility index (Phi) is 7.47. The van der Waals surface area contributed by atoms with Crippen molar-refractivity contribution in [2.45, 2.75) is 58.5 Å². The van der Waals surface area contributed by atoms with Crippen LogP contribution in [0.15, 0.2) is 24.3 Å². The van der Waals surface area contributed by atoms with Gasteiger partial charge in [0.05, 0.1) is 12.3 Å². The fourth-order valence-electron chi connectivity index (χ4n) is 3.74. The number of benzene rings is 1. The Morgan fingerprint density at radius 3 is 2.83 bits per heavy atom. The van der Waals surface area contributed by atoms with Gasteiger partial charge in [-0.05, 0) is 37.8 Å². The SMILES string of the molecule is Cc1nc(C2(O)CCCN(C(=O)CC(C)C)CC2)sc1CCOc1ccccc1F. The molecule has 0 spiro atoms. The fraction of sp³-hybridized carbons (Fsp3) is 0.565. The molecule has 30 heavy (non-hydrogen) atoms. The van der Waals surface area contributed by atoms with Gasteiger partial charge < -0.3 is 14.7 Å². The van der Waals surface area contributed by atoms with Crippen LogP contribution in [-0.2, 0) is 16.8 Å². The number of carbonyl (C=O) groups excluding carboxylic acids is 1. The number of aliphatic hydroxyl groups is 1. The van der Waals surface area contributed by atoms with E-state index in [2.05, 4.69) is 4.98 Å². The highest BCUT2D eigenvalue weighted by molar-refractivity contribution is 7.11. The van der Waals surface area contributed by atoms with Crippen molar-refractivity contribution >= 4 is 17.2 Å². The van der Waals surface area contributed by atoms with E-state index in [9.17, 15) is 14.3 Å². The van der Waals surface area contributed by atoms with Gasteiger partial charge in [-0.3, -0.25) is 4.79 Å². The maximum atomic E-state index is 13.7. The highest BCUT2D eigenvalue weighted by Crippen LogP contribution is 2.37. The van der Waals surface area contributed by atoms with Crippen LogP contribution in [-0.4, -0.2) is 40.6 Å². The molecule has 1 aromatic carbocycles. The monoisotopic (exact) mass is 434 g/mol. The molecule has 5 nitrogen and oxygen atoms in total. The number of halogens is 1. The molecule has 2 aromatic rings. The van der Waals surface area contributed by atoms with Crippen LogP contribution in [0.25, 0.3) is 0 Å². The van der Waals surface area contributed by atoms with Crippen molar-refractivity contribution in [2.24, 2.45) is 5.92 Å². The van der Waals surface area contributed by atoms with E-state index >= 15 is 0 Å². The third kappa shape index (κ3) is 5.58. The molecule has 1 saturated heterocycles. The van der Waals surface area contributed by atoms with E-state index in [1.807, 2.05) is 25.7 Å². The van der Waals surface area contributed by atoms with E-state index in [1.165, 1.54) is 17.4 Å². The van der Waals surface area contributed by atoms with Crippen molar-refractivity contribution in [3.63, 3.8) is 0 Å². The molecule has 0 aliphatic carbocycles. The first-order chi connectivity index (χ1) is 14.3. The highest BCUT2D eigenvalue weighted by atomic mass is 32.1. The molecule has 2 heterocycles. The van der Waals surface area contributed by atoms with Crippen LogP contribution in [0, 0.1) is 18.7 Å². The summed E-state index contributed by atoms with van der Waals surface area (Å²) in [6.45, 7) is 7.59. The number of para-hydroxylation sites is 1. The van der Waals surface area contributed by atoms with Crippen molar-refractivity contribution in [1.82, 2.24) is 9.88 Å². The third-order valence-corrected chi connectivity index (χ3v) is 6.87. The van der Waals surface area contributed by atoms with Crippen LogP contribution < -0.4 is 4.74 Å². The van der Waals surface area contributed by atoms with E-state index in [0.717, 1.165) is 17.0 Å². The summed E-state index contributed by atoms with van der Waals surface area (Å²) in [7, 11) is 0. The van der Waals surface area contributed by atoms with E-state index in [1.54, 1.807) is 18.2 Å². The van der Waals surface area contributed by atoms with Crippen molar-refractivity contribution in [1.29, 1.82) is 0 Å². The first kappa shape index (κ1) is 22.7. The smallest absolute Gasteiger partial charge is 0.222 e. The van der Waals surface area contributed by atoms with E-state index in [-0.39, 0.29) is 17.5 Å². The minimum absolute atomic E-state index is 0.163. The summed E-state index contributed by atoms with van der Waals surface area (Å²) in [6.07, 6.45) is 2.99. The predicted octanol–water partition coefficient (Wildman–Crippen LogP) is 4.46. The molecule has 1 aliphatic rings. The zero-order chi connectivity index (χ0) is 21.7. The Labute approximate surface area is 181 Å². The zero-order valence-corrected chi connectivity index (χ0v) is 18.8. The summed E-state index contributed by atoms with van der Waals surface area (Å²) in [5.74, 6) is 0.364. The van der Waals surface area contributed by atoms with Gasteiger partial charge in [-0.25, -0.2) is 9.37 Å². The average molecular weight is 435 g/mol. The number of aryl methyl sites for hydroxylation is 1. The molecule has 164 valence electrons. The molecule has 1 unspecified atom stereocenters. The quantitative estimate of drug-likeness (QED) is 0.699. The van der Waals surface area contributed by atoms with Crippen LogP contribution in [0.3, 0.4) is 0 Å². The molecule has 0 bridgehead atoms. The lowest BCUT2D eigenvalue weighted by atomic mass is 9.96. The lowest BCUT2D eigenvalue weighted by Gasteiger charge is -2.25. The van der Waals surface area contributed by atoms with Crippen molar-refractivity contribution in [2.75, 3.05) is 19.7 Å². The van der Waals surface area contributed by atoms with Gasteiger partial charge >= 0.3 is 0 Å². The Morgan fingerprint density at radius 1 is 1.33 bits per heavy atom. The molecule has 1 N–H and O–H groups in total. The first-order valence-corrected chi connectivity index (χ1v) is 11.4. The fourth-order valence-corrected chi connectivity index (χ4v) is 4.92. The topological polar surface area (TPSA) is 62.7 Å². The zero-order valence-electron chi connectivity index (χ0n) is 18.0. The molecule has 0 saturated carbocycles. The normalized spacial score (nSPS) is 19.7. The summed E-state index contributed by atoms with van der Waals surface area (Å²) in [4.78, 5) is 20.0. The van der Waals surface area contributed by atoms with E-state index < -0.39 is 5.60 Å². The summed E-state index contributed by atoms with van der Waals surface area (Å²) in [5.41, 5.74) is -0.134. The second-order valence-electron chi connectivity index (χ2n) is 8.42. The molecule has 1 amide bonds. The Morgan fingerprint density at radius 2 is 2.10 bits per heavy atom. The maximum absolute atomic E-state index is 13.7. The standard InChI is InChI=1S/C23H31FN2O3S/c1-16(2)15-21(27)26-12-6-10-23(28,11-13-26)22-25-17(3)20(30-22)9-14-29-19-8-5-4-7-18(19)24/h4-5,7-8,16,28H,6,9-15H2,1-3H3. The van der Waals surface area contributed by atoms with E-state index in [4.69, 9.17) is 4.74 Å². The summed E-state index contributed by atoms with van der Waals surface area (Å²) >= 11 is 1.50. The second kappa shape index (κ2) is 9.88. The minimum atomic E-state index is -1.01. The molecule has 1 fully saturated rings. The number of thiazole rings is 1.